The molecular weight excluding hydrogens is 325 g/mol. The molecule has 1 nitrogen and oxygen atoms in total. The van der Waals surface area contributed by atoms with Gasteiger partial charge < -0.3 is 5.11 Å². The third-order valence-electron chi connectivity index (χ3n) is 4.50. The van der Waals surface area contributed by atoms with Crippen LogP contribution >= 0.6 is 0 Å². The van der Waals surface area contributed by atoms with Crippen molar-refractivity contribution in [2.45, 2.75) is 11.8 Å². The Hall–Kier alpha value is -2.59. The molecule has 0 unspecified atom stereocenters. The highest BCUT2D eigenvalue weighted by Crippen LogP contribution is 2.42. The van der Waals surface area contributed by atoms with E-state index in [-0.39, 0.29) is 30.5 Å². The Morgan fingerprint density at radius 1 is 0.560 bits per heavy atom. The molecule has 0 spiro atoms. The summed E-state index contributed by atoms with van der Waals surface area (Å²) >= 11 is 0. The molecule has 0 radical (unpaired) electrons. The van der Waals surface area contributed by atoms with Gasteiger partial charge in [-0.3, -0.25) is 0 Å². The molecule has 0 saturated carbocycles. The van der Waals surface area contributed by atoms with Gasteiger partial charge in [0.2, 0.25) is 0 Å². The molecule has 0 heterocycles. The van der Waals surface area contributed by atoms with Crippen molar-refractivity contribution in [2.75, 3.05) is 6.61 Å². The van der Waals surface area contributed by atoms with Crippen LogP contribution < -0.4 is 0 Å². The van der Waals surface area contributed by atoms with Gasteiger partial charge in [-0.25, -0.2) is 13.2 Å². The van der Waals surface area contributed by atoms with Gasteiger partial charge in [0.1, 0.15) is 17.5 Å². The lowest BCUT2D eigenvalue weighted by Crippen LogP contribution is -2.30. The van der Waals surface area contributed by atoms with Crippen molar-refractivity contribution >= 4 is 0 Å². The smallest absolute Gasteiger partial charge is 0.123 e. The molecule has 0 bridgehead atoms. The minimum Gasteiger partial charge on any atom is -0.396 e. The second-order valence-corrected chi connectivity index (χ2v) is 5.90. The summed E-state index contributed by atoms with van der Waals surface area (Å²) in [5.74, 6) is -1.13. The first kappa shape index (κ1) is 17.2. The van der Waals surface area contributed by atoms with Crippen molar-refractivity contribution in [3.05, 3.63) is 107 Å². The second kappa shape index (κ2) is 7.11. The van der Waals surface area contributed by atoms with Crippen molar-refractivity contribution in [1.82, 2.24) is 0 Å². The monoisotopic (exact) mass is 342 g/mol. The van der Waals surface area contributed by atoms with E-state index in [0.29, 0.717) is 0 Å². The van der Waals surface area contributed by atoms with Crippen LogP contribution in [0.4, 0.5) is 13.2 Å². The number of aliphatic hydroxyl groups excluding tert-OH is 1. The molecule has 1 N–H and O–H groups in total. The first-order chi connectivity index (χ1) is 12.1. The summed E-state index contributed by atoms with van der Waals surface area (Å²) in [5, 5.41) is 9.73. The Bertz CT molecular complexity index is 714. The van der Waals surface area contributed by atoms with Gasteiger partial charge in [0.05, 0.1) is 0 Å². The summed E-state index contributed by atoms with van der Waals surface area (Å²) in [7, 11) is 0. The van der Waals surface area contributed by atoms with Crippen molar-refractivity contribution < 1.29 is 18.3 Å². The number of hydrogen-bond acceptors (Lipinski definition) is 1. The Labute approximate surface area is 144 Å². The lowest BCUT2D eigenvalue weighted by atomic mass is 9.67. The molecule has 25 heavy (non-hydrogen) atoms. The van der Waals surface area contributed by atoms with Crippen LogP contribution in [0.15, 0.2) is 72.8 Å². The van der Waals surface area contributed by atoms with Gasteiger partial charge in [-0.1, -0.05) is 36.4 Å². The van der Waals surface area contributed by atoms with Crippen LogP contribution in [0.3, 0.4) is 0 Å². The summed E-state index contributed by atoms with van der Waals surface area (Å²) in [5.41, 5.74) is 1.37. The molecule has 0 aliphatic rings. The maximum Gasteiger partial charge on any atom is 0.123 e. The molecule has 0 atom stereocenters. The zero-order chi connectivity index (χ0) is 17.9. The fourth-order valence-electron chi connectivity index (χ4n) is 3.30. The molecule has 3 aromatic rings. The fraction of sp³-hybridized carbons (Fsp3) is 0.143. The number of aliphatic hydroxyl groups is 1. The highest BCUT2D eigenvalue weighted by atomic mass is 19.1. The van der Waals surface area contributed by atoms with Gasteiger partial charge in [-0.2, -0.15) is 0 Å². The molecule has 0 aliphatic carbocycles. The Balaban J connectivity index is 2.28. The van der Waals surface area contributed by atoms with E-state index >= 15 is 0 Å². The van der Waals surface area contributed by atoms with Crippen molar-refractivity contribution in [3.63, 3.8) is 0 Å². The van der Waals surface area contributed by atoms with E-state index in [4.69, 9.17) is 0 Å². The molecule has 0 fully saturated rings. The highest BCUT2D eigenvalue weighted by Gasteiger charge is 2.36. The number of halogens is 3. The molecule has 0 amide bonds. The lowest BCUT2D eigenvalue weighted by Gasteiger charge is -2.35. The molecule has 3 aromatic carbocycles. The Kier molecular flexibility index (Phi) is 4.91. The maximum atomic E-state index is 13.4. The fourth-order valence-corrected chi connectivity index (χ4v) is 3.30. The summed E-state index contributed by atoms with van der Waals surface area (Å²) in [4.78, 5) is 0. The van der Waals surface area contributed by atoms with E-state index in [1.807, 2.05) is 0 Å². The first-order valence-electron chi connectivity index (χ1n) is 7.95. The minimum absolute atomic E-state index is 0.147. The number of rotatable bonds is 5. The van der Waals surface area contributed by atoms with Crippen LogP contribution in [0, 0.1) is 17.5 Å². The third kappa shape index (κ3) is 3.30. The molecule has 3 rings (SSSR count). The predicted molar refractivity (Wildman–Crippen MR) is 90.8 cm³/mol. The topological polar surface area (TPSA) is 20.2 Å². The summed E-state index contributed by atoms with van der Waals surface area (Å²) in [6.07, 6.45) is 0.288. The highest BCUT2D eigenvalue weighted by molar-refractivity contribution is 5.50. The van der Waals surface area contributed by atoms with Crippen LogP contribution in [0.25, 0.3) is 0 Å². The van der Waals surface area contributed by atoms with Crippen LogP contribution in [-0.2, 0) is 5.41 Å². The van der Waals surface area contributed by atoms with Gasteiger partial charge in [-0.05, 0) is 59.5 Å². The van der Waals surface area contributed by atoms with E-state index in [9.17, 15) is 18.3 Å². The van der Waals surface area contributed by atoms with Gasteiger partial charge >= 0.3 is 0 Å². The molecule has 4 heteroatoms. The predicted octanol–water partition coefficient (Wildman–Crippen LogP) is 4.82. The van der Waals surface area contributed by atoms with E-state index in [1.165, 1.54) is 36.4 Å². The SMILES string of the molecule is OCCC(c1ccc(F)cc1)(c1ccc(F)cc1)c1ccc(F)cc1. The quantitative estimate of drug-likeness (QED) is 0.659. The average molecular weight is 342 g/mol. The maximum absolute atomic E-state index is 13.4. The van der Waals surface area contributed by atoms with E-state index in [0.717, 1.165) is 16.7 Å². The Morgan fingerprint density at radius 2 is 0.840 bits per heavy atom. The largest absolute Gasteiger partial charge is 0.396 e. The summed E-state index contributed by atoms with van der Waals surface area (Å²) in [6.45, 7) is -0.147. The number of benzene rings is 3. The van der Waals surface area contributed by atoms with Gasteiger partial charge in [-0.15, -0.1) is 0 Å². The average Bonchev–Trinajstić information content (AvgIpc) is 2.62. The second-order valence-electron chi connectivity index (χ2n) is 5.90. The summed E-state index contributed by atoms with van der Waals surface area (Å²) in [6, 6.07) is 17.9. The number of hydrogen-bond donors (Lipinski definition) is 1. The zero-order valence-corrected chi connectivity index (χ0v) is 13.4. The van der Waals surface area contributed by atoms with E-state index in [1.54, 1.807) is 36.4 Å². The van der Waals surface area contributed by atoms with E-state index < -0.39 is 5.41 Å². The normalized spacial score (nSPS) is 11.5. The molecule has 0 aliphatic heterocycles. The third-order valence-corrected chi connectivity index (χ3v) is 4.50. The molecule has 0 saturated heterocycles. The summed E-state index contributed by atoms with van der Waals surface area (Å²) < 4.78 is 40.3. The Morgan fingerprint density at radius 3 is 1.08 bits per heavy atom. The standard InChI is InChI=1S/C21H17F3O/c22-18-7-1-15(2-8-18)21(13-14-25,16-3-9-19(23)10-4-16)17-5-11-20(24)12-6-17/h1-12,25H,13-14H2. The van der Waals surface area contributed by atoms with E-state index in [2.05, 4.69) is 0 Å². The van der Waals surface area contributed by atoms with Crippen LogP contribution in [-0.4, -0.2) is 11.7 Å². The van der Waals surface area contributed by atoms with Crippen LogP contribution in [0.5, 0.6) is 0 Å². The van der Waals surface area contributed by atoms with Crippen molar-refractivity contribution in [1.29, 1.82) is 0 Å². The van der Waals surface area contributed by atoms with Crippen molar-refractivity contribution in [2.24, 2.45) is 0 Å². The first-order valence-corrected chi connectivity index (χ1v) is 7.95. The van der Waals surface area contributed by atoms with Crippen LogP contribution in [0.1, 0.15) is 23.1 Å². The van der Waals surface area contributed by atoms with Crippen molar-refractivity contribution in [3.8, 4) is 0 Å². The molecular formula is C21H17F3O. The van der Waals surface area contributed by atoms with Gasteiger partial charge in [0, 0.05) is 12.0 Å². The van der Waals surface area contributed by atoms with Gasteiger partial charge in [0.25, 0.3) is 0 Å². The molecule has 128 valence electrons. The van der Waals surface area contributed by atoms with Gasteiger partial charge in [0.15, 0.2) is 0 Å². The minimum atomic E-state index is -0.843. The zero-order valence-electron chi connectivity index (χ0n) is 13.4. The van der Waals surface area contributed by atoms with Crippen LogP contribution in [0.2, 0.25) is 0 Å². The molecule has 0 aromatic heterocycles. The lowest BCUT2D eigenvalue weighted by molar-refractivity contribution is 0.265.